The van der Waals surface area contributed by atoms with E-state index in [1.54, 1.807) is 0 Å². The average Bonchev–Trinajstić information content (AvgIpc) is 3.19. The maximum absolute atomic E-state index is 12.7. The summed E-state index contributed by atoms with van der Waals surface area (Å²) >= 11 is 0. The van der Waals surface area contributed by atoms with Gasteiger partial charge in [0.2, 0.25) is 0 Å². The van der Waals surface area contributed by atoms with Crippen molar-refractivity contribution in [2.45, 2.75) is 291 Å². The average molecular weight is 821 g/mol. The first-order valence-electron chi connectivity index (χ1n) is 25.7. The van der Waals surface area contributed by atoms with Gasteiger partial charge in [-0.3, -0.25) is 14.4 Å². The minimum atomic E-state index is -0.762. The Balaban J connectivity index is 4.24. The van der Waals surface area contributed by atoms with E-state index in [2.05, 4.69) is 34.6 Å². The van der Waals surface area contributed by atoms with Crippen molar-refractivity contribution in [3.8, 4) is 0 Å². The van der Waals surface area contributed by atoms with Gasteiger partial charge in [0.05, 0.1) is 0 Å². The third-order valence-corrected chi connectivity index (χ3v) is 11.7. The highest BCUT2D eigenvalue weighted by Gasteiger charge is 2.19. The Labute approximate surface area is 361 Å². The highest BCUT2D eigenvalue weighted by atomic mass is 16.6. The zero-order chi connectivity index (χ0) is 42.6. The van der Waals surface area contributed by atoms with Crippen molar-refractivity contribution >= 4 is 17.9 Å². The Kier molecular flexibility index (Phi) is 43.7. The summed E-state index contributed by atoms with van der Waals surface area (Å²) in [6.07, 6.45) is 45.3. The molecule has 0 aliphatic carbocycles. The molecule has 0 heterocycles. The molecule has 0 unspecified atom stereocenters. The quantitative estimate of drug-likeness (QED) is 0.0346. The molecule has 0 spiro atoms. The predicted octanol–water partition coefficient (Wildman–Crippen LogP) is 16.5. The predicted molar refractivity (Wildman–Crippen MR) is 247 cm³/mol. The third kappa shape index (κ3) is 45.5. The lowest BCUT2D eigenvalue weighted by atomic mass is 10.0. The molecule has 0 bridgehead atoms. The molecule has 0 saturated heterocycles. The summed E-state index contributed by atoms with van der Waals surface area (Å²) in [6.45, 7) is 11.3. The van der Waals surface area contributed by atoms with Crippen LogP contribution in [0.3, 0.4) is 0 Å². The Morgan fingerprint density at radius 2 is 0.569 bits per heavy atom. The standard InChI is InChI=1S/C52H100O6/c1-6-7-8-9-10-11-12-13-14-15-16-17-18-19-22-27-32-37-42-50(53)56-45-49(58-52(55)44-39-34-29-24-26-31-36-41-48(4)5)46-57-51(54)43-38-33-28-23-20-21-25-30-35-40-47(2)3/h47-49H,6-46H2,1-5H3/t49-/m0/s1. The van der Waals surface area contributed by atoms with Gasteiger partial charge in [0.25, 0.3) is 0 Å². The van der Waals surface area contributed by atoms with Crippen molar-refractivity contribution in [2.75, 3.05) is 13.2 Å². The van der Waals surface area contributed by atoms with E-state index in [0.29, 0.717) is 19.3 Å². The van der Waals surface area contributed by atoms with Gasteiger partial charge in [-0.2, -0.15) is 0 Å². The van der Waals surface area contributed by atoms with Gasteiger partial charge in [0.15, 0.2) is 6.10 Å². The Hall–Kier alpha value is -1.59. The second-order valence-corrected chi connectivity index (χ2v) is 18.8. The van der Waals surface area contributed by atoms with Gasteiger partial charge >= 0.3 is 17.9 Å². The second-order valence-electron chi connectivity index (χ2n) is 18.8. The number of carbonyl (C=O) groups is 3. The van der Waals surface area contributed by atoms with E-state index in [1.807, 2.05) is 0 Å². The Morgan fingerprint density at radius 1 is 0.328 bits per heavy atom. The van der Waals surface area contributed by atoms with Crippen LogP contribution in [0, 0.1) is 11.8 Å². The highest BCUT2D eigenvalue weighted by Crippen LogP contribution is 2.17. The molecule has 0 aliphatic heterocycles. The van der Waals surface area contributed by atoms with Crippen molar-refractivity contribution in [1.82, 2.24) is 0 Å². The van der Waals surface area contributed by atoms with E-state index in [1.165, 1.54) is 173 Å². The minimum absolute atomic E-state index is 0.0647. The van der Waals surface area contributed by atoms with Crippen LogP contribution in [0.2, 0.25) is 0 Å². The van der Waals surface area contributed by atoms with E-state index < -0.39 is 6.10 Å². The smallest absolute Gasteiger partial charge is 0.306 e. The van der Waals surface area contributed by atoms with E-state index in [4.69, 9.17) is 14.2 Å². The molecule has 344 valence electrons. The van der Waals surface area contributed by atoms with Crippen LogP contribution < -0.4 is 0 Å². The molecular weight excluding hydrogens is 721 g/mol. The largest absolute Gasteiger partial charge is 0.462 e. The van der Waals surface area contributed by atoms with Crippen molar-refractivity contribution in [2.24, 2.45) is 11.8 Å². The molecule has 0 fully saturated rings. The number of unbranched alkanes of at least 4 members (excludes halogenated alkanes) is 31. The van der Waals surface area contributed by atoms with Gasteiger partial charge < -0.3 is 14.2 Å². The number of hydrogen-bond donors (Lipinski definition) is 0. The zero-order valence-electron chi connectivity index (χ0n) is 39.7. The maximum Gasteiger partial charge on any atom is 0.306 e. The fourth-order valence-corrected chi connectivity index (χ4v) is 7.81. The van der Waals surface area contributed by atoms with Crippen molar-refractivity contribution in [3.05, 3.63) is 0 Å². The van der Waals surface area contributed by atoms with Crippen LogP contribution in [0.25, 0.3) is 0 Å². The summed E-state index contributed by atoms with van der Waals surface area (Å²) < 4.78 is 16.8. The monoisotopic (exact) mass is 821 g/mol. The van der Waals surface area contributed by atoms with E-state index in [9.17, 15) is 14.4 Å². The Morgan fingerprint density at radius 3 is 0.845 bits per heavy atom. The number of esters is 3. The molecule has 0 aromatic rings. The molecule has 0 N–H and O–H groups in total. The van der Waals surface area contributed by atoms with Crippen LogP contribution in [-0.2, 0) is 28.6 Å². The molecule has 6 nitrogen and oxygen atoms in total. The van der Waals surface area contributed by atoms with E-state index in [-0.39, 0.29) is 31.1 Å². The molecule has 58 heavy (non-hydrogen) atoms. The fourth-order valence-electron chi connectivity index (χ4n) is 7.81. The summed E-state index contributed by atoms with van der Waals surface area (Å²) in [5.41, 5.74) is 0. The normalized spacial score (nSPS) is 12.1. The molecule has 0 saturated carbocycles. The number of ether oxygens (including phenoxy) is 3. The SMILES string of the molecule is CCCCCCCCCCCCCCCCCCCCC(=O)OC[C@@H](COC(=O)CCCCCCCCCCCC(C)C)OC(=O)CCCCCCCCCC(C)C. The number of hydrogen-bond acceptors (Lipinski definition) is 6. The molecule has 0 aliphatic rings. The summed E-state index contributed by atoms with van der Waals surface area (Å²) in [5, 5.41) is 0. The second kappa shape index (κ2) is 44.9. The van der Waals surface area contributed by atoms with Crippen LogP contribution in [0.1, 0.15) is 285 Å². The van der Waals surface area contributed by atoms with E-state index in [0.717, 1.165) is 69.6 Å². The van der Waals surface area contributed by atoms with E-state index >= 15 is 0 Å². The summed E-state index contributed by atoms with van der Waals surface area (Å²) in [6, 6.07) is 0. The molecule has 0 rings (SSSR count). The lowest BCUT2D eigenvalue weighted by Gasteiger charge is -2.18. The summed E-state index contributed by atoms with van der Waals surface area (Å²) in [7, 11) is 0. The van der Waals surface area contributed by atoms with Crippen LogP contribution in [0.5, 0.6) is 0 Å². The zero-order valence-corrected chi connectivity index (χ0v) is 39.7. The molecule has 0 aromatic carbocycles. The maximum atomic E-state index is 12.7. The molecule has 0 radical (unpaired) electrons. The third-order valence-electron chi connectivity index (χ3n) is 11.7. The topological polar surface area (TPSA) is 78.9 Å². The van der Waals surface area contributed by atoms with Crippen molar-refractivity contribution in [1.29, 1.82) is 0 Å². The van der Waals surface area contributed by atoms with Gasteiger partial charge in [-0.1, -0.05) is 247 Å². The first kappa shape index (κ1) is 56.4. The number of carbonyl (C=O) groups excluding carboxylic acids is 3. The van der Waals surface area contributed by atoms with Crippen LogP contribution in [-0.4, -0.2) is 37.2 Å². The summed E-state index contributed by atoms with van der Waals surface area (Å²) in [5.74, 6) is 0.732. The molecule has 6 heteroatoms. The summed E-state index contributed by atoms with van der Waals surface area (Å²) in [4.78, 5) is 37.9. The number of rotatable bonds is 46. The molecule has 0 aromatic heterocycles. The lowest BCUT2D eigenvalue weighted by Crippen LogP contribution is -2.30. The van der Waals surface area contributed by atoms with Gasteiger partial charge in [0, 0.05) is 19.3 Å². The van der Waals surface area contributed by atoms with Gasteiger partial charge in [-0.05, 0) is 31.1 Å². The Bertz CT molecular complexity index is 885. The van der Waals surface area contributed by atoms with Crippen LogP contribution in [0.15, 0.2) is 0 Å². The van der Waals surface area contributed by atoms with Gasteiger partial charge in [-0.25, -0.2) is 0 Å². The fraction of sp³-hybridized carbons (Fsp3) is 0.942. The first-order valence-corrected chi connectivity index (χ1v) is 25.7. The molecule has 1 atom stereocenters. The van der Waals surface area contributed by atoms with Crippen molar-refractivity contribution in [3.63, 3.8) is 0 Å². The van der Waals surface area contributed by atoms with Crippen molar-refractivity contribution < 1.29 is 28.6 Å². The highest BCUT2D eigenvalue weighted by molar-refractivity contribution is 5.71. The van der Waals surface area contributed by atoms with Crippen LogP contribution in [0.4, 0.5) is 0 Å². The van der Waals surface area contributed by atoms with Crippen LogP contribution >= 0.6 is 0 Å². The van der Waals surface area contributed by atoms with Gasteiger partial charge in [0.1, 0.15) is 13.2 Å². The molecular formula is C52H100O6. The lowest BCUT2D eigenvalue weighted by molar-refractivity contribution is -0.167. The minimum Gasteiger partial charge on any atom is -0.462 e. The van der Waals surface area contributed by atoms with Gasteiger partial charge in [-0.15, -0.1) is 0 Å². The first-order chi connectivity index (χ1) is 28.2. The molecule has 0 amide bonds.